The fourth-order valence-corrected chi connectivity index (χ4v) is 14.3. The van der Waals surface area contributed by atoms with E-state index in [0.717, 1.165) is 91.3 Å². The molecule has 0 amide bonds. The van der Waals surface area contributed by atoms with E-state index in [1.54, 1.807) is 6.20 Å². The van der Waals surface area contributed by atoms with Crippen LogP contribution in [0.2, 0.25) is 25.7 Å². The summed E-state index contributed by atoms with van der Waals surface area (Å²) in [5, 5.41) is 22.6. The average molecular weight is 1150 g/mol. The van der Waals surface area contributed by atoms with Crippen LogP contribution in [-0.2, 0) is 71.3 Å². The minimum atomic E-state index is -3.72. The van der Waals surface area contributed by atoms with Gasteiger partial charge < -0.3 is 25.6 Å². The molecule has 2 fully saturated rings. The maximum atomic E-state index is 13.2. The Morgan fingerprint density at radius 3 is 1.83 bits per heavy atom. The van der Waals surface area contributed by atoms with E-state index < -0.39 is 28.1 Å². The molecule has 0 unspecified atom stereocenters. The minimum absolute atomic E-state index is 0.0549. The Hall–Kier alpha value is -4.86. The van der Waals surface area contributed by atoms with Crippen LogP contribution < -0.4 is 11.1 Å². The summed E-state index contributed by atoms with van der Waals surface area (Å²) in [5.74, 6) is 0.250. The Balaban J connectivity index is 0.000000158. The molecule has 6 heterocycles. The second-order valence-corrected chi connectivity index (χ2v) is 31.5. The topological polar surface area (TPSA) is 236 Å². The molecule has 4 aromatic heterocycles. The van der Waals surface area contributed by atoms with Gasteiger partial charge in [0.2, 0.25) is 10.7 Å². The molecular weight excluding hydrogens is 1080 g/mol. The summed E-state index contributed by atoms with van der Waals surface area (Å²) in [5.41, 5.74) is 17.6. The Labute approximate surface area is 451 Å². The fourth-order valence-electron chi connectivity index (χ4n) is 10.3. The van der Waals surface area contributed by atoms with Gasteiger partial charge in [0.05, 0.1) is 17.1 Å². The molecule has 0 bridgehead atoms. The molecule has 6 aromatic rings. The van der Waals surface area contributed by atoms with Crippen LogP contribution >= 0.6 is 15.9 Å². The number of nitrogens with zero attached hydrogens (tertiary/aromatic N) is 13. The third-order valence-electron chi connectivity index (χ3n) is 14.8. The largest absolute Gasteiger partial charge is 0.398 e. The van der Waals surface area contributed by atoms with E-state index in [4.69, 9.17) is 10.5 Å². The zero-order chi connectivity index (χ0) is 53.8. The van der Waals surface area contributed by atoms with Crippen LogP contribution in [0.1, 0.15) is 60.8 Å². The first-order valence-corrected chi connectivity index (χ1v) is 33.2. The number of fused-ring (bicyclic) bond motifs is 2. The molecule has 2 aliphatic heterocycles. The van der Waals surface area contributed by atoms with Crippen molar-refractivity contribution in [3.05, 3.63) is 75.8 Å². The molecule has 4 aliphatic rings. The number of rotatable bonds is 15. The quantitative estimate of drug-likeness (QED) is 0.0575. The van der Waals surface area contributed by atoms with E-state index in [2.05, 4.69) is 110 Å². The van der Waals surface area contributed by atoms with Gasteiger partial charge in [0, 0.05) is 96.2 Å². The predicted octanol–water partition coefficient (Wildman–Crippen LogP) is 6.38. The molecule has 0 saturated carbocycles. The maximum Gasteiger partial charge on any atom is 0.278 e. The molecule has 0 radical (unpaired) electrons. The SMILES string of the molecule is CN(C)C1CCN(S(=O)(=O)c2nc(Br)nn2COCC[Si](C)(C)C)CC1.CN(C)C1CCN(S(=O)(=O)c2nc(Nc3c(-c4ccnn4C)ccc4c3CCC4)n[nH]2)CC1.Cn1nccc1-c1ccc2c(c1N)CCC2. The summed E-state index contributed by atoms with van der Waals surface area (Å²) in [6.45, 7) is 9.45. The van der Waals surface area contributed by atoms with Crippen molar-refractivity contribution in [3.8, 4) is 22.5 Å². The summed E-state index contributed by atoms with van der Waals surface area (Å²) >= 11 is 3.19. The van der Waals surface area contributed by atoms with E-state index in [-0.39, 0.29) is 27.7 Å². The predicted molar refractivity (Wildman–Crippen MR) is 298 cm³/mol. The molecule has 10 rings (SSSR count). The van der Waals surface area contributed by atoms with Gasteiger partial charge >= 0.3 is 0 Å². The lowest BCUT2D eigenvalue weighted by Crippen LogP contribution is -2.45. The monoisotopic (exact) mass is 1150 g/mol. The first-order chi connectivity index (χ1) is 35.6. The molecule has 2 aliphatic carbocycles. The van der Waals surface area contributed by atoms with Crippen LogP contribution in [0.5, 0.6) is 0 Å². The van der Waals surface area contributed by atoms with E-state index in [0.29, 0.717) is 44.9 Å². The lowest BCUT2D eigenvalue weighted by Gasteiger charge is -2.34. The molecule has 2 aromatic carbocycles. The van der Waals surface area contributed by atoms with Crippen molar-refractivity contribution in [3.63, 3.8) is 0 Å². The third kappa shape index (κ3) is 13.1. The highest BCUT2D eigenvalue weighted by atomic mass is 79.9. The van der Waals surface area contributed by atoms with Gasteiger partial charge in [0.25, 0.3) is 30.4 Å². The average Bonchev–Trinajstić information content (AvgIpc) is 4.25. The first kappa shape index (κ1) is 56.3. The molecular formula is C50H75BrN16O5S2Si. The number of piperidine rings is 2. The number of aromatic nitrogens is 10. The number of anilines is 3. The van der Waals surface area contributed by atoms with Gasteiger partial charge in [-0.1, -0.05) is 43.9 Å². The Morgan fingerprint density at radius 1 is 0.747 bits per heavy atom. The molecule has 75 heavy (non-hydrogen) atoms. The van der Waals surface area contributed by atoms with Gasteiger partial charge in [-0.25, -0.2) is 26.6 Å². The molecule has 21 nitrogen and oxygen atoms in total. The van der Waals surface area contributed by atoms with Crippen molar-refractivity contribution in [1.82, 2.24) is 67.9 Å². The van der Waals surface area contributed by atoms with E-state index in [1.165, 1.54) is 48.4 Å². The van der Waals surface area contributed by atoms with Crippen molar-refractivity contribution >= 4 is 61.4 Å². The van der Waals surface area contributed by atoms with Gasteiger partial charge in [-0.3, -0.25) is 9.36 Å². The number of benzene rings is 2. The number of H-pyrrole nitrogens is 1. The number of aromatic amines is 1. The van der Waals surface area contributed by atoms with Crippen molar-refractivity contribution in [1.29, 1.82) is 0 Å². The maximum absolute atomic E-state index is 13.2. The summed E-state index contributed by atoms with van der Waals surface area (Å²) in [4.78, 5) is 12.7. The highest BCUT2D eigenvalue weighted by molar-refractivity contribution is 9.10. The summed E-state index contributed by atoms with van der Waals surface area (Å²) in [6.07, 6.45) is 13.4. The highest BCUT2D eigenvalue weighted by Gasteiger charge is 2.35. The molecule has 0 spiro atoms. The molecule has 2 saturated heterocycles. The second-order valence-electron chi connectivity index (χ2n) is 21.5. The van der Waals surface area contributed by atoms with Gasteiger partial charge in [-0.05, 0) is 149 Å². The minimum Gasteiger partial charge on any atom is -0.398 e. The zero-order valence-corrected chi connectivity index (χ0v) is 49.1. The number of ether oxygens (including phenoxy) is 1. The van der Waals surface area contributed by atoms with Crippen LogP contribution in [0.3, 0.4) is 0 Å². The van der Waals surface area contributed by atoms with Crippen LogP contribution in [0.15, 0.2) is 63.8 Å². The summed E-state index contributed by atoms with van der Waals surface area (Å²) in [7, 11) is 3.37. The van der Waals surface area contributed by atoms with Crippen molar-refractivity contribution in [2.75, 3.05) is 72.0 Å². The molecule has 25 heteroatoms. The van der Waals surface area contributed by atoms with Crippen LogP contribution in [0, 0.1) is 0 Å². The van der Waals surface area contributed by atoms with E-state index in [9.17, 15) is 16.8 Å². The molecule has 0 atom stereocenters. The Kier molecular flexibility index (Phi) is 17.9. The number of aryl methyl sites for hydroxylation is 4. The van der Waals surface area contributed by atoms with E-state index in [1.807, 2.05) is 70.0 Å². The number of hydrogen-bond acceptors (Lipinski definition) is 15. The van der Waals surface area contributed by atoms with Crippen LogP contribution in [-0.4, -0.2) is 166 Å². The van der Waals surface area contributed by atoms with Gasteiger partial charge in [-0.2, -0.15) is 28.8 Å². The number of halogens is 1. The van der Waals surface area contributed by atoms with Crippen molar-refractivity contribution in [2.45, 2.75) is 119 Å². The number of nitrogen functional groups attached to an aromatic ring is 1. The third-order valence-corrected chi connectivity index (χ3v) is 20.4. The number of hydrogen-bond donors (Lipinski definition) is 3. The summed E-state index contributed by atoms with van der Waals surface area (Å²) in [6, 6.07) is 14.4. The Morgan fingerprint density at radius 2 is 1.28 bits per heavy atom. The van der Waals surface area contributed by atoms with Gasteiger partial charge in [-0.15, -0.1) is 10.2 Å². The smallest absolute Gasteiger partial charge is 0.278 e. The van der Waals surface area contributed by atoms with Gasteiger partial charge in [0.15, 0.2) is 0 Å². The first-order valence-electron chi connectivity index (χ1n) is 25.8. The standard InChI is InChI=1S/C22H30N8O2S.C15H30BrN5O3SSi.C13H15N3/c1-28(2)16-10-13-30(14-11-16)33(31,32)22-25-21(26-27-22)24-20-17-6-4-5-15(17)7-8-18(20)19-9-12-23-29(19)3;1-19(2)13-6-8-20(9-7-13)25(22,23)15-17-14(16)18-21(15)12-24-10-11-26(3,4)5;1-16-12(7-8-15-16)11-6-5-9-3-2-4-10(9)13(11)14/h7-9,12,16H,4-6,10-11,13-14H2,1-3H3,(H2,24,25,26,27);13H,6-12H2,1-5H3;5-8H,2-4,14H2,1H3. The normalized spacial score (nSPS) is 17.0. The number of nitrogens with one attached hydrogen (secondary N) is 2. The molecule has 408 valence electrons. The lowest BCUT2D eigenvalue weighted by atomic mass is 10.0. The molecule has 4 N–H and O–H groups in total. The zero-order valence-electron chi connectivity index (χ0n) is 44.9. The van der Waals surface area contributed by atoms with Crippen molar-refractivity contribution < 1.29 is 21.6 Å². The van der Waals surface area contributed by atoms with Gasteiger partial charge in [0.1, 0.15) is 6.73 Å². The number of sulfonamides is 2. The highest BCUT2D eigenvalue weighted by Crippen LogP contribution is 2.39. The second kappa shape index (κ2) is 23.8. The van der Waals surface area contributed by atoms with E-state index >= 15 is 0 Å². The number of nitrogens with two attached hydrogens (primary N) is 1. The van der Waals surface area contributed by atoms with Crippen molar-refractivity contribution in [2.24, 2.45) is 14.1 Å². The van der Waals surface area contributed by atoms with Crippen LogP contribution in [0.4, 0.5) is 17.3 Å². The van der Waals surface area contributed by atoms with Crippen LogP contribution in [0.25, 0.3) is 22.5 Å². The fraction of sp³-hybridized carbons (Fsp3) is 0.560. The summed E-state index contributed by atoms with van der Waals surface area (Å²) < 4.78 is 66.3. The Bertz CT molecular complexity index is 3130. The lowest BCUT2D eigenvalue weighted by molar-refractivity contribution is 0.0708.